The number of ether oxygens (including phenoxy) is 1. The van der Waals surface area contributed by atoms with Crippen LogP contribution in [0.4, 0.5) is 5.69 Å². The highest BCUT2D eigenvalue weighted by atomic mass is 35.5. The molecule has 7 heteroatoms. The van der Waals surface area contributed by atoms with Gasteiger partial charge >= 0.3 is 5.97 Å². The zero-order valence-corrected chi connectivity index (χ0v) is 15.5. The molecule has 0 aliphatic carbocycles. The van der Waals surface area contributed by atoms with Gasteiger partial charge in [-0.1, -0.05) is 41.9 Å². The van der Waals surface area contributed by atoms with Crippen molar-refractivity contribution in [2.45, 2.75) is 13.8 Å². The summed E-state index contributed by atoms with van der Waals surface area (Å²) in [4.78, 5) is 40.1. The number of fused-ring (bicyclic) bond motifs is 1. The van der Waals surface area contributed by atoms with Gasteiger partial charge in [0.05, 0.1) is 23.4 Å². The molecule has 0 bridgehead atoms. The van der Waals surface area contributed by atoms with Crippen molar-refractivity contribution in [2.24, 2.45) is 0 Å². The lowest BCUT2D eigenvalue weighted by atomic mass is 10.0. The molecule has 0 aliphatic heterocycles. The first-order valence-electron chi connectivity index (χ1n) is 8.32. The van der Waals surface area contributed by atoms with Crippen LogP contribution in [0.25, 0.3) is 10.9 Å². The number of carbonyl (C=O) groups is 3. The van der Waals surface area contributed by atoms with E-state index in [0.717, 1.165) is 0 Å². The molecule has 1 amide bonds. The number of rotatable bonds is 5. The second-order valence-electron chi connectivity index (χ2n) is 5.85. The number of nitrogens with one attached hydrogen (secondary N) is 2. The van der Waals surface area contributed by atoms with Crippen LogP contribution in [-0.4, -0.2) is 29.3 Å². The third-order valence-electron chi connectivity index (χ3n) is 3.92. The molecule has 0 atom stereocenters. The fourth-order valence-corrected chi connectivity index (χ4v) is 3.09. The monoisotopic (exact) mass is 384 g/mol. The molecule has 2 aromatic carbocycles. The molecule has 27 heavy (non-hydrogen) atoms. The Balaban J connectivity index is 2.28. The molecule has 0 saturated heterocycles. The van der Waals surface area contributed by atoms with Crippen LogP contribution in [0, 0.1) is 0 Å². The first-order chi connectivity index (χ1) is 12.9. The van der Waals surface area contributed by atoms with Crippen molar-refractivity contribution >= 4 is 45.9 Å². The lowest BCUT2D eigenvalue weighted by Gasteiger charge is -2.08. The topological polar surface area (TPSA) is 88.3 Å². The van der Waals surface area contributed by atoms with E-state index in [1.54, 1.807) is 43.3 Å². The summed E-state index contributed by atoms with van der Waals surface area (Å²) in [6.07, 6.45) is 0. The maximum atomic E-state index is 13.0. The van der Waals surface area contributed by atoms with Gasteiger partial charge in [0.2, 0.25) is 11.7 Å². The van der Waals surface area contributed by atoms with Crippen LogP contribution >= 0.6 is 11.6 Å². The van der Waals surface area contributed by atoms with Crippen LogP contribution < -0.4 is 5.32 Å². The fraction of sp³-hybridized carbons (Fsp3) is 0.150. The zero-order valence-electron chi connectivity index (χ0n) is 14.8. The van der Waals surface area contributed by atoms with E-state index >= 15 is 0 Å². The van der Waals surface area contributed by atoms with Crippen LogP contribution in [0.2, 0.25) is 5.02 Å². The molecule has 0 radical (unpaired) electrons. The van der Waals surface area contributed by atoms with Crippen molar-refractivity contribution in [1.29, 1.82) is 0 Å². The number of halogens is 1. The molecule has 0 unspecified atom stereocenters. The van der Waals surface area contributed by atoms with E-state index in [1.807, 2.05) is 0 Å². The number of H-pyrrole nitrogens is 1. The number of ketones is 1. The molecule has 3 rings (SSSR count). The van der Waals surface area contributed by atoms with Gasteiger partial charge < -0.3 is 15.0 Å². The van der Waals surface area contributed by atoms with E-state index < -0.39 is 5.97 Å². The van der Waals surface area contributed by atoms with Gasteiger partial charge in [0.25, 0.3) is 0 Å². The molecule has 6 nitrogen and oxygen atoms in total. The maximum absolute atomic E-state index is 13.0. The van der Waals surface area contributed by atoms with Crippen LogP contribution in [0.15, 0.2) is 42.5 Å². The second-order valence-corrected chi connectivity index (χ2v) is 6.28. The number of benzene rings is 2. The highest BCUT2D eigenvalue weighted by molar-refractivity contribution is 6.32. The van der Waals surface area contributed by atoms with Gasteiger partial charge in [-0.2, -0.15) is 0 Å². The zero-order chi connectivity index (χ0) is 19.6. The predicted octanol–water partition coefficient (Wildman–Crippen LogP) is 4.19. The van der Waals surface area contributed by atoms with Gasteiger partial charge in [-0.15, -0.1) is 0 Å². The fourth-order valence-electron chi connectivity index (χ4n) is 2.87. The molecule has 0 fully saturated rings. The third kappa shape index (κ3) is 3.71. The predicted molar refractivity (Wildman–Crippen MR) is 103 cm³/mol. The van der Waals surface area contributed by atoms with E-state index in [-0.39, 0.29) is 35.2 Å². The van der Waals surface area contributed by atoms with E-state index in [0.29, 0.717) is 21.5 Å². The molecule has 3 aromatic rings. The van der Waals surface area contributed by atoms with Gasteiger partial charge in [0, 0.05) is 22.9 Å². The third-order valence-corrected chi connectivity index (χ3v) is 4.14. The largest absolute Gasteiger partial charge is 0.462 e. The highest BCUT2D eigenvalue weighted by Gasteiger charge is 2.25. The standard InChI is InChI=1S/C20H17ClN2O4/c1-3-27-20(26)14-9-13(21)10-15-16(14)17(22-11(2)24)18(23-15)19(25)12-7-5-4-6-8-12/h4-10,23H,3H2,1-2H3,(H,22,24). The minimum Gasteiger partial charge on any atom is -0.462 e. The number of aromatic nitrogens is 1. The molecule has 0 saturated carbocycles. The van der Waals surface area contributed by atoms with Crippen molar-refractivity contribution in [2.75, 3.05) is 11.9 Å². The summed E-state index contributed by atoms with van der Waals surface area (Å²) in [7, 11) is 0. The average Bonchev–Trinajstić information content (AvgIpc) is 2.98. The Hall–Kier alpha value is -3.12. The maximum Gasteiger partial charge on any atom is 0.338 e. The average molecular weight is 385 g/mol. The number of hydrogen-bond acceptors (Lipinski definition) is 4. The number of hydrogen-bond donors (Lipinski definition) is 2. The second kappa shape index (κ2) is 7.63. The number of esters is 1. The molecule has 2 N–H and O–H groups in total. The summed E-state index contributed by atoms with van der Waals surface area (Å²) < 4.78 is 5.10. The normalized spacial score (nSPS) is 10.6. The van der Waals surface area contributed by atoms with Crippen molar-refractivity contribution < 1.29 is 19.1 Å². The molecule has 138 valence electrons. The SMILES string of the molecule is CCOC(=O)c1cc(Cl)cc2[nH]c(C(=O)c3ccccc3)c(NC(C)=O)c12. The quantitative estimate of drug-likeness (QED) is 0.510. The first kappa shape index (κ1) is 18.7. The molecule has 1 heterocycles. The molecule has 1 aromatic heterocycles. The van der Waals surface area contributed by atoms with Gasteiger partial charge in [-0.25, -0.2) is 4.79 Å². The lowest BCUT2D eigenvalue weighted by Crippen LogP contribution is -2.12. The van der Waals surface area contributed by atoms with Crippen LogP contribution in [-0.2, 0) is 9.53 Å². The molecular formula is C20H17ClN2O4. The summed E-state index contributed by atoms with van der Waals surface area (Å²) in [5.74, 6) is -1.28. The van der Waals surface area contributed by atoms with Crippen molar-refractivity contribution in [3.8, 4) is 0 Å². The number of amides is 1. The van der Waals surface area contributed by atoms with Crippen molar-refractivity contribution in [3.05, 3.63) is 64.3 Å². The summed E-state index contributed by atoms with van der Waals surface area (Å²) in [5, 5.41) is 3.35. The van der Waals surface area contributed by atoms with E-state index in [1.165, 1.54) is 13.0 Å². The number of aromatic amines is 1. The minimum absolute atomic E-state index is 0.166. The molecule has 0 aliphatic rings. The van der Waals surface area contributed by atoms with Crippen LogP contribution in [0.1, 0.15) is 40.3 Å². The Bertz CT molecular complexity index is 1040. The van der Waals surface area contributed by atoms with Crippen LogP contribution in [0.3, 0.4) is 0 Å². The van der Waals surface area contributed by atoms with Gasteiger partial charge in [0.1, 0.15) is 5.69 Å². The van der Waals surface area contributed by atoms with E-state index in [2.05, 4.69) is 10.3 Å². The van der Waals surface area contributed by atoms with E-state index in [4.69, 9.17) is 16.3 Å². The molecule has 0 spiro atoms. The summed E-state index contributed by atoms with van der Waals surface area (Å²) in [6.45, 7) is 3.20. The van der Waals surface area contributed by atoms with Crippen molar-refractivity contribution in [1.82, 2.24) is 4.98 Å². The number of anilines is 1. The Labute approximate surface area is 160 Å². The Morgan fingerprint density at radius 2 is 1.85 bits per heavy atom. The summed E-state index contributed by atoms with van der Waals surface area (Å²) in [5.41, 5.74) is 1.46. The summed E-state index contributed by atoms with van der Waals surface area (Å²) >= 11 is 6.13. The molecular weight excluding hydrogens is 368 g/mol. The lowest BCUT2D eigenvalue weighted by molar-refractivity contribution is -0.114. The highest BCUT2D eigenvalue weighted by Crippen LogP contribution is 2.35. The van der Waals surface area contributed by atoms with Crippen LogP contribution in [0.5, 0.6) is 0 Å². The Morgan fingerprint density at radius 3 is 2.48 bits per heavy atom. The first-order valence-corrected chi connectivity index (χ1v) is 8.69. The van der Waals surface area contributed by atoms with Gasteiger partial charge in [-0.05, 0) is 19.1 Å². The Morgan fingerprint density at radius 1 is 1.15 bits per heavy atom. The number of carbonyl (C=O) groups excluding carboxylic acids is 3. The minimum atomic E-state index is -0.589. The van der Waals surface area contributed by atoms with Crippen molar-refractivity contribution in [3.63, 3.8) is 0 Å². The smallest absolute Gasteiger partial charge is 0.338 e. The summed E-state index contributed by atoms with van der Waals surface area (Å²) in [6, 6.07) is 11.7. The van der Waals surface area contributed by atoms with E-state index in [9.17, 15) is 14.4 Å². The Kier molecular flexibility index (Phi) is 5.28. The van der Waals surface area contributed by atoms with Gasteiger partial charge in [-0.3, -0.25) is 9.59 Å². The van der Waals surface area contributed by atoms with Gasteiger partial charge in [0.15, 0.2) is 0 Å².